The topological polar surface area (TPSA) is 73.6 Å². The van der Waals surface area contributed by atoms with Crippen LogP contribution < -0.4 is 14.8 Å². The molecule has 0 amide bonds. The van der Waals surface area contributed by atoms with E-state index >= 15 is 0 Å². The molecule has 1 N–H and O–H groups in total. The summed E-state index contributed by atoms with van der Waals surface area (Å²) >= 11 is 0. The molecule has 3 aromatic carbocycles. The SMILES string of the molecule is COc1cc2c(cc1OCc1ccccc1)C(c1ccc([N+](=O)[O-])cc1)NCC2. The van der Waals surface area contributed by atoms with Crippen molar-refractivity contribution in [3.63, 3.8) is 0 Å². The van der Waals surface area contributed by atoms with Crippen molar-refractivity contribution in [3.05, 3.63) is 99.1 Å². The number of nitro benzene ring substituents is 1. The first kappa shape index (κ1) is 19.0. The average molecular weight is 390 g/mol. The van der Waals surface area contributed by atoms with Crippen LogP contribution >= 0.6 is 0 Å². The highest BCUT2D eigenvalue weighted by atomic mass is 16.6. The van der Waals surface area contributed by atoms with Crippen molar-refractivity contribution >= 4 is 5.69 Å². The second-order valence-corrected chi connectivity index (χ2v) is 6.96. The Labute approximate surface area is 169 Å². The molecule has 1 atom stereocenters. The number of nitrogens with zero attached hydrogens (tertiary/aromatic N) is 1. The number of fused-ring (bicyclic) bond motifs is 1. The lowest BCUT2D eigenvalue weighted by molar-refractivity contribution is -0.384. The Morgan fingerprint density at radius 3 is 2.52 bits per heavy atom. The predicted molar refractivity (Wildman–Crippen MR) is 110 cm³/mol. The Kier molecular flexibility index (Phi) is 5.44. The summed E-state index contributed by atoms with van der Waals surface area (Å²) in [7, 11) is 1.64. The van der Waals surface area contributed by atoms with Gasteiger partial charge in [-0.25, -0.2) is 0 Å². The highest BCUT2D eigenvalue weighted by Gasteiger charge is 2.24. The number of nitro groups is 1. The largest absolute Gasteiger partial charge is 0.493 e. The van der Waals surface area contributed by atoms with Crippen LogP contribution in [0, 0.1) is 10.1 Å². The fraction of sp³-hybridized carbons (Fsp3) is 0.217. The van der Waals surface area contributed by atoms with E-state index in [9.17, 15) is 10.1 Å². The van der Waals surface area contributed by atoms with Gasteiger partial charge in [-0.2, -0.15) is 0 Å². The molecule has 1 heterocycles. The first-order chi connectivity index (χ1) is 14.2. The molecular formula is C23H22N2O4. The molecule has 4 rings (SSSR count). The summed E-state index contributed by atoms with van der Waals surface area (Å²) in [4.78, 5) is 10.6. The van der Waals surface area contributed by atoms with Gasteiger partial charge in [0.1, 0.15) is 6.61 Å². The average Bonchev–Trinajstić information content (AvgIpc) is 2.77. The maximum atomic E-state index is 11.0. The maximum absolute atomic E-state index is 11.0. The molecule has 29 heavy (non-hydrogen) atoms. The maximum Gasteiger partial charge on any atom is 0.269 e. The Hall–Kier alpha value is -3.38. The number of methoxy groups -OCH3 is 1. The molecule has 0 aliphatic carbocycles. The van der Waals surface area contributed by atoms with Crippen LogP contribution in [0.2, 0.25) is 0 Å². The van der Waals surface area contributed by atoms with Gasteiger partial charge >= 0.3 is 0 Å². The van der Waals surface area contributed by atoms with Crippen LogP contribution in [0.5, 0.6) is 11.5 Å². The standard InChI is InChI=1S/C23H22N2O4/c1-28-21-13-18-11-12-24-23(17-7-9-19(10-8-17)25(26)27)20(18)14-22(21)29-15-16-5-3-2-4-6-16/h2-10,13-14,23-24H,11-12,15H2,1H3. The molecule has 1 unspecified atom stereocenters. The quantitative estimate of drug-likeness (QED) is 0.498. The summed E-state index contributed by atoms with van der Waals surface area (Å²) < 4.78 is 11.6. The molecule has 0 aromatic heterocycles. The van der Waals surface area contributed by atoms with Gasteiger partial charge in [0.15, 0.2) is 11.5 Å². The molecule has 3 aromatic rings. The van der Waals surface area contributed by atoms with Crippen LogP contribution in [0.3, 0.4) is 0 Å². The van der Waals surface area contributed by atoms with Crippen molar-refractivity contribution in [1.82, 2.24) is 5.32 Å². The van der Waals surface area contributed by atoms with E-state index in [-0.39, 0.29) is 16.7 Å². The van der Waals surface area contributed by atoms with E-state index in [1.807, 2.05) is 42.5 Å². The summed E-state index contributed by atoms with van der Waals surface area (Å²) in [6.07, 6.45) is 0.883. The van der Waals surface area contributed by atoms with Gasteiger partial charge < -0.3 is 14.8 Å². The summed E-state index contributed by atoms with van der Waals surface area (Å²) in [5.41, 5.74) is 4.45. The molecule has 1 aliphatic heterocycles. The number of non-ortho nitro benzene ring substituents is 1. The Bertz CT molecular complexity index is 1000. The van der Waals surface area contributed by atoms with Gasteiger partial charge in [0.25, 0.3) is 5.69 Å². The van der Waals surface area contributed by atoms with Crippen LogP contribution in [0.4, 0.5) is 5.69 Å². The van der Waals surface area contributed by atoms with E-state index in [1.54, 1.807) is 31.4 Å². The van der Waals surface area contributed by atoms with Crippen LogP contribution in [-0.2, 0) is 13.0 Å². The minimum absolute atomic E-state index is 0.0514. The van der Waals surface area contributed by atoms with E-state index in [0.717, 1.165) is 29.7 Å². The molecule has 6 heteroatoms. The van der Waals surface area contributed by atoms with Gasteiger partial charge in [-0.15, -0.1) is 0 Å². The monoisotopic (exact) mass is 390 g/mol. The van der Waals surface area contributed by atoms with E-state index < -0.39 is 0 Å². The van der Waals surface area contributed by atoms with Crippen molar-refractivity contribution in [2.24, 2.45) is 0 Å². The molecule has 0 fully saturated rings. The predicted octanol–water partition coefficient (Wildman–Crippen LogP) is 4.42. The minimum Gasteiger partial charge on any atom is -0.493 e. The fourth-order valence-electron chi connectivity index (χ4n) is 3.66. The Morgan fingerprint density at radius 2 is 1.83 bits per heavy atom. The Balaban J connectivity index is 1.65. The second-order valence-electron chi connectivity index (χ2n) is 6.96. The molecule has 0 bridgehead atoms. The van der Waals surface area contributed by atoms with Crippen LogP contribution in [0.1, 0.15) is 28.3 Å². The lowest BCUT2D eigenvalue weighted by Gasteiger charge is -2.28. The zero-order valence-electron chi connectivity index (χ0n) is 16.1. The second kappa shape index (κ2) is 8.32. The summed E-state index contributed by atoms with van der Waals surface area (Å²) in [6.45, 7) is 1.27. The molecule has 1 aliphatic rings. The Morgan fingerprint density at radius 1 is 1.07 bits per heavy atom. The lowest BCUT2D eigenvalue weighted by Crippen LogP contribution is -2.30. The minimum atomic E-state index is -0.383. The van der Waals surface area contributed by atoms with Crippen molar-refractivity contribution in [2.45, 2.75) is 19.1 Å². The van der Waals surface area contributed by atoms with Crippen LogP contribution in [0.15, 0.2) is 66.7 Å². The molecular weight excluding hydrogens is 368 g/mol. The van der Waals surface area contributed by atoms with Crippen LogP contribution in [0.25, 0.3) is 0 Å². The van der Waals surface area contributed by atoms with Gasteiger partial charge in [0, 0.05) is 18.7 Å². The first-order valence-corrected chi connectivity index (χ1v) is 9.51. The molecule has 0 radical (unpaired) electrons. The normalized spacial score (nSPS) is 15.4. The van der Waals surface area contributed by atoms with Gasteiger partial charge in [-0.1, -0.05) is 42.5 Å². The van der Waals surface area contributed by atoms with Crippen molar-refractivity contribution < 1.29 is 14.4 Å². The number of hydrogen-bond acceptors (Lipinski definition) is 5. The van der Waals surface area contributed by atoms with E-state index in [4.69, 9.17) is 9.47 Å². The number of hydrogen-bond donors (Lipinski definition) is 1. The van der Waals surface area contributed by atoms with Gasteiger partial charge in [0.2, 0.25) is 0 Å². The van der Waals surface area contributed by atoms with Gasteiger partial charge in [-0.05, 0) is 40.8 Å². The molecule has 0 spiro atoms. The number of ether oxygens (including phenoxy) is 2. The van der Waals surface area contributed by atoms with E-state index in [1.165, 1.54) is 5.56 Å². The summed E-state index contributed by atoms with van der Waals surface area (Å²) in [5.74, 6) is 1.40. The van der Waals surface area contributed by atoms with E-state index in [2.05, 4.69) is 5.32 Å². The fourth-order valence-corrected chi connectivity index (χ4v) is 3.66. The summed E-state index contributed by atoms with van der Waals surface area (Å²) in [5, 5.41) is 14.5. The molecule has 0 saturated heterocycles. The van der Waals surface area contributed by atoms with Crippen molar-refractivity contribution in [2.75, 3.05) is 13.7 Å². The third-order valence-electron chi connectivity index (χ3n) is 5.15. The highest BCUT2D eigenvalue weighted by Crippen LogP contribution is 2.38. The molecule has 6 nitrogen and oxygen atoms in total. The zero-order valence-corrected chi connectivity index (χ0v) is 16.1. The lowest BCUT2D eigenvalue weighted by atomic mass is 9.89. The molecule has 0 saturated carbocycles. The van der Waals surface area contributed by atoms with Crippen LogP contribution in [-0.4, -0.2) is 18.6 Å². The number of rotatable bonds is 6. The highest BCUT2D eigenvalue weighted by molar-refractivity contribution is 5.52. The third kappa shape index (κ3) is 4.07. The smallest absolute Gasteiger partial charge is 0.269 e. The van der Waals surface area contributed by atoms with Crippen molar-refractivity contribution in [3.8, 4) is 11.5 Å². The first-order valence-electron chi connectivity index (χ1n) is 9.51. The van der Waals surface area contributed by atoms with E-state index in [0.29, 0.717) is 18.1 Å². The molecule has 148 valence electrons. The third-order valence-corrected chi connectivity index (χ3v) is 5.15. The van der Waals surface area contributed by atoms with Gasteiger partial charge in [-0.3, -0.25) is 10.1 Å². The zero-order chi connectivity index (χ0) is 20.2. The number of benzene rings is 3. The van der Waals surface area contributed by atoms with Gasteiger partial charge in [0.05, 0.1) is 18.1 Å². The number of nitrogens with one attached hydrogen (secondary N) is 1. The van der Waals surface area contributed by atoms with Crippen molar-refractivity contribution in [1.29, 1.82) is 0 Å². The summed E-state index contributed by atoms with van der Waals surface area (Å²) in [6, 6.07) is 20.7.